The van der Waals surface area contributed by atoms with Gasteiger partial charge in [0.1, 0.15) is 5.01 Å². The van der Waals surface area contributed by atoms with Crippen LogP contribution < -0.4 is 0 Å². The van der Waals surface area contributed by atoms with Gasteiger partial charge >= 0.3 is 5.97 Å². The van der Waals surface area contributed by atoms with Crippen molar-refractivity contribution in [3.05, 3.63) is 44.8 Å². The van der Waals surface area contributed by atoms with Crippen molar-refractivity contribution >= 4 is 45.0 Å². The molecule has 0 aliphatic rings. The number of aryl methyl sites for hydroxylation is 1. The number of rotatable bonds is 6. The van der Waals surface area contributed by atoms with E-state index in [0.717, 1.165) is 20.9 Å². The van der Waals surface area contributed by atoms with E-state index in [0.29, 0.717) is 12.8 Å². The molecule has 0 radical (unpaired) electrons. The summed E-state index contributed by atoms with van der Waals surface area (Å²) in [7, 11) is 1.41. The Morgan fingerprint density at radius 3 is 2.85 bits per heavy atom. The van der Waals surface area contributed by atoms with E-state index in [1.54, 1.807) is 23.1 Å². The quantitative estimate of drug-likeness (QED) is 0.560. The van der Waals surface area contributed by atoms with Crippen molar-refractivity contribution in [3.63, 3.8) is 0 Å². The Hall–Kier alpha value is -0.850. The van der Waals surface area contributed by atoms with Crippen molar-refractivity contribution < 1.29 is 9.53 Å². The van der Waals surface area contributed by atoms with Crippen LogP contribution in [0.3, 0.4) is 0 Å². The topological polar surface area (TPSA) is 39.2 Å². The number of methoxy groups -OCH3 is 1. The summed E-state index contributed by atoms with van der Waals surface area (Å²) < 4.78 is 5.71. The Morgan fingerprint density at radius 1 is 1.40 bits per heavy atom. The molecular formula is C14H14BrNO2S2. The molecule has 20 heavy (non-hydrogen) atoms. The van der Waals surface area contributed by atoms with E-state index >= 15 is 0 Å². The van der Waals surface area contributed by atoms with E-state index in [9.17, 15) is 4.79 Å². The van der Waals surface area contributed by atoms with Crippen LogP contribution in [0.1, 0.15) is 17.1 Å². The van der Waals surface area contributed by atoms with Gasteiger partial charge < -0.3 is 4.74 Å². The average Bonchev–Trinajstić information content (AvgIpc) is 2.92. The first kappa shape index (κ1) is 15.5. The number of carbonyl (C=O) groups is 1. The van der Waals surface area contributed by atoms with Crippen molar-refractivity contribution in [1.29, 1.82) is 0 Å². The Kier molecular flexibility index (Phi) is 6.06. The third kappa shape index (κ3) is 4.92. The molecule has 0 aliphatic carbocycles. The van der Waals surface area contributed by atoms with Gasteiger partial charge in [0.2, 0.25) is 0 Å². The summed E-state index contributed by atoms with van der Waals surface area (Å²) in [5, 5.41) is 3.10. The summed E-state index contributed by atoms with van der Waals surface area (Å²) in [4.78, 5) is 16.8. The molecule has 0 bridgehead atoms. The average molecular weight is 372 g/mol. The summed E-state index contributed by atoms with van der Waals surface area (Å²) in [5.74, 6) is 0.661. The van der Waals surface area contributed by atoms with Crippen LogP contribution in [-0.2, 0) is 21.7 Å². The van der Waals surface area contributed by atoms with E-state index in [4.69, 9.17) is 0 Å². The number of esters is 1. The number of halogens is 1. The number of thioether (sulfide) groups is 1. The highest BCUT2D eigenvalue weighted by atomic mass is 79.9. The molecule has 0 spiro atoms. The van der Waals surface area contributed by atoms with E-state index in [-0.39, 0.29) is 5.97 Å². The van der Waals surface area contributed by atoms with Gasteiger partial charge in [0.15, 0.2) is 0 Å². The van der Waals surface area contributed by atoms with E-state index in [1.807, 2.05) is 17.5 Å². The van der Waals surface area contributed by atoms with Crippen LogP contribution in [0.2, 0.25) is 0 Å². The molecule has 1 aromatic carbocycles. The lowest BCUT2D eigenvalue weighted by atomic mass is 10.2. The second kappa shape index (κ2) is 7.81. The van der Waals surface area contributed by atoms with Gasteiger partial charge in [-0.2, -0.15) is 0 Å². The predicted molar refractivity (Wildman–Crippen MR) is 86.2 cm³/mol. The number of carbonyl (C=O) groups excluding carboxylic acids is 1. The molecule has 0 atom stereocenters. The highest BCUT2D eigenvalue weighted by Crippen LogP contribution is 2.26. The van der Waals surface area contributed by atoms with Gasteiger partial charge in [-0.3, -0.25) is 4.79 Å². The molecule has 3 nitrogen and oxygen atoms in total. The lowest BCUT2D eigenvalue weighted by Crippen LogP contribution is -2.02. The van der Waals surface area contributed by atoms with Crippen LogP contribution in [0.15, 0.2) is 39.0 Å². The van der Waals surface area contributed by atoms with Crippen LogP contribution in [0.4, 0.5) is 0 Å². The van der Waals surface area contributed by atoms with Crippen LogP contribution in [0.5, 0.6) is 0 Å². The SMILES string of the molecule is COC(=O)CCc1csc(CSc2ccc(Br)cc2)n1. The molecule has 0 saturated heterocycles. The molecule has 0 unspecified atom stereocenters. The summed E-state index contributed by atoms with van der Waals surface area (Å²) in [6.07, 6.45) is 1.03. The fourth-order valence-electron chi connectivity index (χ4n) is 1.54. The molecule has 0 aliphatic heterocycles. The third-order valence-electron chi connectivity index (χ3n) is 2.59. The zero-order chi connectivity index (χ0) is 14.4. The van der Waals surface area contributed by atoms with Gasteiger partial charge in [-0.05, 0) is 24.3 Å². The second-order valence-electron chi connectivity index (χ2n) is 4.05. The van der Waals surface area contributed by atoms with Crippen LogP contribution in [0, 0.1) is 0 Å². The van der Waals surface area contributed by atoms with Gasteiger partial charge in [-0.1, -0.05) is 15.9 Å². The third-order valence-corrected chi connectivity index (χ3v) is 5.22. The normalized spacial score (nSPS) is 10.5. The highest BCUT2D eigenvalue weighted by molar-refractivity contribution is 9.10. The maximum atomic E-state index is 11.1. The van der Waals surface area contributed by atoms with Crippen molar-refractivity contribution in [3.8, 4) is 0 Å². The molecule has 2 rings (SSSR count). The number of ether oxygens (including phenoxy) is 1. The van der Waals surface area contributed by atoms with Crippen molar-refractivity contribution in [1.82, 2.24) is 4.98 Å². The number of hydrogen-bond donors (Lipinski definition) is 0. The van der Waals surface area contributed by atoms with Gasteiger partial charge in [0.25, 0.3) is 0 Å². The first-order valence-corrected chi connectivity index (χ1v) is 8.71. The predicted octanol–water partition coefficient (Wildman–Crippen LogP) is 4.30. The van der Waals surface area contributed by atoms with Crippen LogP contribution >= 0.6 is 39.0 Å². The molecule has 2 aromatic rings. The lowest BCUT2D eigenvalue weighted by Gasteiger charge is -1.99. The number of nitrogens with zero attached hydrogens (tertiary/aromatic N) is 1. The van der Waals surface area contributed by atoms with Crippen LogP contribution in [-0.4, -0.2) is 18.1 Å². The van der Waals surface area contributed by atoms with E-state index < -0.39 is 0 Å². The second-order valence-corrected chi connectivity index (χ2v) is 6.96. The zero-order valence-electron chi connectivity index (χ0n) is 11.0. The molecular weight excluding hydrogens is 358 g/mol. The fourth-order valence-corrected chi connectivity index (χ4v) is 3.55. The standard InChI is InChI=1S/C14H14BrNO2S2/c1-18-14(17)7-4-11-8-20-13(16-11)9-19-12-5-2-10(15)3-6-12/h2-3,5-6,8H,4,7,9H2,1H3. The van der Waals surface area contributed by atoms with Gasteiger partial charge in [0, 0.05) is 21.2 Å². The molecule has 0 amide bonds. The van der Waals surface area contributed by atoms with Gasteiger partial charge in [-0.15, -0.1) is 23.1 Å². The smallest absolute Gasteiger partial charge is 0.305 e. The van der Waals surface area contributed by atoms with E-state index in [1.165, 1.54) is 12.0 Å². The van der Waals surface area contributed by atoms with Crippen LogP contribution in [0.25, 0.3) is 0 Å². The van der Waals surface area contributed by atoms with E-state index in [2.05, 4.69) is 37.8 Å². The maximum Gasteiger partial charge on any atom is 0.305 e. The van der Waals surface area contributed by atoms with Crippen molar-refractivity contribution in [2.75, 3.05) is 7.11 Å². The zero-order valence-corrected chi connectivity index (χ0v) is 14.2. The summed E-state index contributed by atoms with van der Waals surface area (Å²) in [6.45, 7) is 0. The Bertz CT molecular complexity index is 569. The lowest BCUT2D eigenvalue weighted by molar-refractivity contribution is -0.140. The summed E-state index contributed by atoms with van der Waals surface area (Å²) >= 11 is 6.82. The number of aromatic nitrogens is 1. The minimum absolute atomic E-state index is 0.191. The fraction of sp³-hybridized carbons (Fsp3) is 0.286. The number of thiazole rings is 1. The maximum absolute atomic E-state index is 11.1. The molecule has 106 valence electrons. The number of benzene rings is 1. The van der Waals surface area contributed by atoms with Crippen molar-refractivity contribution in [2.45, 2.75) is 23.5 Å². The molecule has 1 heterocycles. The Morgan fingerprint density at radius 2 is 2.15 bits per heavy atom. The van der Waals surface area contributed by atoms with Gasteiger partial charge in [-0.25, -0.2) is 4.98 Å². The van der Waals surface area contributed by atoms with Crippen molar-refractivity contribution in [2.24, 2.45) is 0 Å². The highest BCUT2D eigenvalue weighted by Gasteiger charge is 2.06. The van der Waals surface area contributed by atoms with Gasteiger partial charge in [0.05, 0.1) is 25.0 Å². The monoisotopic (exact) mass is 371 g/mol. The molecule has 0 saturated carbocycles. The number of hydrogen-bond acceptors (Lipinski definition) is 5. The molecule has 1 aromatic heterocycles. The first-order chi connectivity index (χ1) is 9.67. The molecule has 6 heteroatoms. The summed E-state index contributed by atoms with van der Waals surface area (Å²) in [5.41, 5.74) is 0.965. The summed E-state index contributed by atoms with van der Waals surface area (Å²) in [6, 6.07) is 8.24. The largest absolute Gasteiger partial charge is 0.469 e. The molecule has 0 N–H and O–H groups in total. The molecule has 0 fully saturated rings. The minimum atomic E-state index is -0.191. The Balaban J connectivity index is 1.83. The Labute approximate surface area is 134 Å². The first-order valence-electron chi connectivity index (χ1n) is 6.06. The minimum Gasteiger partial charge on any atom is -0.469 e.